The maximum absolute atomic E-state index is 13.1. The number of anilines is 1. The molecule has 9 heteroatoms. The second-order valence-electron chi connectivity index (χ2n) is 6.92. The highest BCUT2D eigenvalue weighted by Gasteiger charge is 2.10. The van der Waals surface area contributed by atoms with Gasteiger partial charge in [-0.25, -0.2) is 8.78 Å². The number of halogens is 2. The molecule has 1 heterocycles. The van der Waals surface area contributed by atoms with Gasteiger partial charge in [-0.15, -0.1) is 0 Å². The molecule has 0 radical (unpaired) electrons. The third-order valence-corrected chi connectivity index (χ3v) is 4.12. The minimum atomic E-state index is -0.543. The normalized spacial score (nSPS) is 11.6. The Morgan fingerprint density at radius 2 is 1.74 bits per heavy atom. The average Bonchev–Trinajstić information content (AvgIpc) is 3.20. The molecule has 3 rings (SSSR count). The summed E-state index contributed by atoms with van der Waals surface area (Å²) in [5.74, 6) is -0.663. The number of amides is 1. The van der Waals surface area contributed by atoms with E-state index in [0.29, 0.717) is 24.7 Å². The van der Waals surface area contributed by atoms with Gasteiger partial charge in [-0.05, 0) is 62.4 Å². The molecule has 0 aliphatic heterocycles. The molecule has 2 aromatic carbocycles. The van der Waals surface area contributed by atoms with Crippen molar-refractivity contribution in [1.29, 1.82) is 0 Å². The van der Waals surface area contributed by atoms with Crippen LogP contribution in [-0.4, -0.2) is 41.3 Å². The van der Waals surface area contributed by atoms with Gasteiger partial charge < -0.3 is 15.4 Å². The van der Waals surface area contributed by atoms with E-state index in [-0.39, 0.29) is 23.4 Å². The van der Waals surface area contributed by atoms with Crippen LogP contribution in [0.25, 0.3) is 11.3 Å². The molecule has 1 aromatic heterocycles. The molecule has 3 aromatic rings. The molecule has 0 unspecified atom stereocenters. The molecule has 0 aliphatic rings. The zero-order chi connectivity index (χ0) is 22.2. The van der Waals surface area contributed by atoms with Crippen molar-refractivity contribution < 1.29 is 18.3 Å². The molecule has 162 valence electrons. The number of aromatic nitrogens is 2. The van der Waals surface area contributed by atoms with E-state index in [1.165, 1.54) is 36.4 Å². The van der Waals surface area contributed by atoms with Crippen molar-refractivity contribution in [2.24, 2.45) is 4.99 Å². The van der Waals surface area contributed by atoms with E-state index in [0.717, 1.165) is 5.56 Å². The van der Waals surface area contributed by atoms with Gasteiger partial charge in [-0.2, -0.15) is 10.1 Å². The SMILES string of the molecule is CC(C)OCCN/C(=N/C(=O)c1ccc(F)cc1)Nc1cc(-c2ccc(F)cc2)n[nH]1. The van der Waals surface area contributed by atoms with Crippen LogP contribution in [0, 0.1) is 11.6 Å². The Hall–Kier alpha value is -3.59. The Balaban J connectivity index is 1.75. The number of guanidine groups is 1. The van der Waals surface area contributed by atoms with Gasteiger partial charge in [0.05, 0.1) is 18.4 Å². The lowest BCUT2D eigenvalue weighted by atomic mass is 10.1. The molecular weight excluding hydrogens is 404 g/mol. The van der Waals surface area contributed by atoms with E-state index in [2.05, 4.69) is 25.8 Å². The van der Waals surface area contributed by atoms with Gasteiger partial charge in [0, 0.05) is 23.7 Å². The first-order chi connectivity index (χ1) is 14.9. The summed E-state index contributed by atoms with van der Waals surface area (Å²) in [6, 6.07) is 12.8. The largest absolute Gasteiger partial charge is 0.377 e. The van der Waals surface area contributed by atoms with Crippen LogP contribution in [0.5, 0.6) is 0 Å². The van der Waals surface area contributed by atoms with Crippen LogP contribution >= 0.6 is 0 Å². The number of benzene rings is 2. The molecular formula is C22H23F2N5O2. The van der Waals surface area contributed by atoms with Gasteiger partial charge in [0.1, 0.15) is 17.5 Å². The van der Waals surface area contributed by atoms with E-state index in [1.54, 1.807) is 18.2 Å². The Morgan fingerprint density at radius 3 is 2.39 bits per heavy atom. The summed E-state index contributed by atoms with van der Waals surface area (Å²) < 4.78 is 31.7. The summed E-state index contributed by atoms with van der Waals surface area (Å²) in [5, 5.41) is 13.0. The first-order valence-corrected chi connectivity index (χ1v) is 9.73. The van der Waals surface area contributed by atoms with E-state index in [4.69, 9.17) is 4.74 Å². The molecule has 31 heavy (non-hydrogen) atoms. The number of aromatic amines is 1. The van der Waals surface area contributed by atoms with Crippen LogP contribution in [-0.2, 0) is 4.74 Å². The lowest BCUT2D eigenvalue weighted by molar-refractivity contribution is 0.0829. The molecule has 3 N–H and O–H groups in total. The fourth-order valence-electron chi connectivity index (χ4n) is 2.62. The minimum absolute atomic E-state index is 0.0712. The molecule has 0 saturated carbocycles. The van der Waals surface area contributed by atoms with Crippen molar-refractivity contribution in [2.75, 3.05) is 18.5 Å². The molecule has 0 bridgehead atoms. The second kappa shape index (κ2) is 10.4. The standard InChI is InChI=1S/C22H23F2N5O2/c1-14(2)31-12-11-25-22(27-21(30)16-5-9-18(24)10-6-16)26-20-13-19(28-29-20)15-3-7-17(23)8-4-15/h3-10,13-14H,11-12H2,1-2H3,(H3,25,26,27,28,29,30). The number of carbonyl (C=O) groups excluding carboxylic acids is 1. The molecule has 7 nitrogen and oxygen atoms in total. The maximum atomic E-state index is 13.1. The highest BCUT2D eigenvalue weighted by molar-refractivity contribution is 6.06. The summed E-state index contributed by atoms with van der Waals surface area (Å²) in [6.45, 7) is 4.66. The number of hydrogen-bond acceptors (Lipinski definition) is 3. The van der Waals surface area contributed by atoms with Gasteiger partial charge in [0.15, 0.2) is 0 Å². The lowest BCUT2D eigenvalue weighted by Crippen LogP contribution is -2.34. The van der Waals surface area contributed by atoms with Gasteiger partial charge in [0.2, 0.25) is 5.96 Å². The van der Waals surface area contributed by atoms with E-state index in [9.17, 15) is 13.6 Å². The molecule has 0 atom stereocenters. The van der Waals surface area contributed by atoms with E-state index in [1.807, 2.05) is 13.8 Å². The number of hydrogen-bond donors (Lipinski definition) is 3. The van der Waals surface area contributed by atoms with Crippen molar-refractivity contribution >= 4 is 17.7 Å². The topological polar surface area (TPSA) is 91.4 Å². The molecule has 0 saturated heterocycles. The average molecular weight is 427 g/mol. The number of ether oxygens (including phenoxy) is 1. The van der Waals surface area contributed by atoms with Crippen LogP contribution in [0.1, 0.15) is 24.2 Å². The number of nitrogens with one attached hydrogen (secondary N) is 3. The van der Waals surface area contributed by atoms with E-state index >= 15 is 0 Å². The molecule has 0 aliphatic carbocycles. The number of nitrogens with zero attached hydrogens (tertiary/aromatic N) is 2. The van der Waals surface area contributed by atoms with E-state index < -0.39 is 11.7 Å². The number of carbonyl (C=O) groups is 1. The second-order valence-corrected chi connectivity index (χ2v) is 6.92. The number of rotatable bonds is 7. The highest BCUT2D eigenvalue weighted by Crippen LogP contribution is 2.20. The predicted molar refractivity (Wildman–Crippen MR) is 115 cm³/mol. The first kappa shape index (κ1) is 22.1. The van der Waals surface area contributed by atoms with Crippen LogP contribution < -0.4 is 10.6 Å². The van der Waals surface area contributed by atoms with Gasteiger partial charge in [-0.3, -0.25) is 9.89 Å². The van der Waals surface area contributed by atoms with Crippen molar-refractivity contribution in [3.63, 3.8) is 0 Å². The van der Waals surface area contributed by atoms with Crippen molar-refractivity contribution in [2.45, 2.75) is 20.0 Å². The minimum Gasteiger partial charge on any atom is -0.377 e. The number of aliphatic imine (C=N–C) groups is 1. The van der Waals surface area contributed by atoms with Gasteiger partial charge in [-0.1, -0.05) is 0 Å². The molecule has 1 amide bonds. The Bertz CT molecular complexity index is 1030. The Kier molecular flexibility index (Phi) is 7.45. The summed E-state index contributed by atoms with van der Waals surface area (Å²) >= 11 is 0. The maximum Gasteiger partial charge on any atom is 0.280 e. The smallest absolute Gasteiger partial charge is 0.280 e. The van der Waals surface area contributed by atoms with Crippen molar-refractivity contribution in [3.05, 3.63) is 71.8 Å². The van der Waals surface area contributed by atoms with Crippen LogP contribution in [0.3, 0.4) is 0 Å². The lowest BCUT2D eigenvalue weighted by Gasteiger charge is -2.12. The quantitative estimate of drug-likeness (QED) is 0.301. The van der Waals surface area contributed by atoms with Gasteiger partial charge in [0.25, 0.3) is 5.91 Å². The predicted octanol–water partition coefficient (Wildman–Crippen LogP) is 3.98. The fraction of sp³-hybridized carbons (Fsp3) is 0.227. The summed E-state index contributed by atoms with van der Waals surface area (Å²) in [7, 11) is 0. The molecule has 0 spiro atoms. The van der Waals surface area contributed by atoms with Crippen LogP contribution in [0.4, 0.5) is 14.6 Å². The van der Waals surface area contributed by atoms with Crippen LogP contribution in [0.15, 0.2) is 59.6 Å². The van der Waals surface area contributed by atoms with Crippen LogP contribution in [0.2, 0.25) is 0 Å². The molecule has 0 fully saturated rings. The Morgan fingerprint density at radius 1 is 1.10 bits per heavy atom. The van der Waals surface area contributed by atoms with Crippen molar-refractivity contribution in [3.8, 4) is 11.3 Å². The van der Waals surface area contributed by atoms with Crippen molar-refractivity contribution in [1.82, 2.24) is 15.5 Å². The first-order valence-electron chi connectivity index (χ1n) is 9.73. The summed E-state index contributed by atoms with van der Waals surface area (Å²) in [6.07, 6.45) is 0.0712. The zero-order valence-corrected chi connectivity index (χ0v) is 17.2. The summed E-state index contributed by atoms with van der Waals surface area (Å²) in [4.78, 5) is 16.5. The highest BCUT2D eigenvalue weighted by atomic mass is 19.1. The monoisotopic (exact) mass is 427 g/mol. The number of H-pyrrole nitrogens is 1. The fourth-order valence-corrected chi connectivity index (χ4v) is 2.62. The summed E-state index contributed by atoms with van der Waals surface area (Å²) in [5.41, 5.74) is 1.57. The van der Waals surface area contributed by atoms with Gasteiger partial charge >= 0.3 is 0 Å². The third-order valence-electron chi connectivity index (χ3n) is 4.12. The zero-order valence-electron chi connectivity index (χ0n) is 17.2. The Labute approximate surface area is 178 Å². The third kappa shape index (κ3) is 6.71.